The van der Waals surface area contributed by atoms with Gasteiger partial charge in [0.25, 0.3) is 0 Å². The van der Waals surface area contributed by atoms with Crippen LogP contribution in [0.3, 0.4) is 0 Å². The average Bonchev–Trinajstić information content (AvgIpc) is 3.38. The van der Waals surface area contributed by atoms with Gasteiger partial charge in [0.1, 0.15) is 17.7 Å². The van der Waals surface area contributed by atoms with Gasteiger partial charge in [-0.05, 0) is 80.4 Å². The number of hydrogen-bond donors (Lipinski definition) is 0. The molecule has 5 rings (SSSR count). The van der Waals surface area contributed by atoms with Crippen LogP contribution in [0.1, 0.15) is 72.2 Å². The van der Waals surface area contributed by atoms with E-state index in [1.807, 2.05) is 25.1 Å². The van der Waals surface area contributed by atoms with Crippen molar-refractivity contribution in [3.63, 3.8) is 0 Å². The molecular weight excluding hydrogens is 588 g/mol. The third-order valence-electron chi connectivity index (χ3n) is 7.80. The maximum atomic E-state index is 13.9. The Balaban J connectivity index is 1.53. The molecule has 0 fully saturated rings. The molecule has 0 amide bonds. The zero-order chi connectivity index (χ0) is 32.0. The van der Waals surface area contributed by atoms with Crippen molar-refractivity contribution in [1.29, 1.82) is 0 Å². The smallest absolute Gasteiger partial charge is 0.339 e. The Morgan fingerprint density at radius 3 is 2.09 bits per heavy atom. The molecule has 0 aliphatic rings. The summed E-state index contributed by atoms with van der Waals surface area (Å²) in [4.78, 5) is 32.4. The Labute approximate surface area is 263 Å². The molecule has 4 aromatic carbocycles. The second-order valence-corrected chi connectivity index (χ2v) is 12.3. The predicted molar refractivity (Wildman–Crippen MR) is 177 cm³/mol. The number of oxime groups is 1. The van der Waals surface area contributed by atoms with E-state index >= 15 is 0 Å². The van der Waals surface area contributed by atoms with E-state index in [1.54, 1.807) is 54.6 Å². The SMILES string of the molecule is CCCCCC/C(=N\OC)C(=O)c1ccc2c(c1)c1cc(C(=O)c3ccccc3OS(=O)(=O)c3ccccc3)ccc1n2CC. The first-order valence-corrected chi connectivity index (χ1v) is 16.5. The maximum absolute atomic E-state index is 13.9. The topological polar surface area (TPSA) is 104 Å². The summed E-state index contributed by atoms with van der Waals surface area (Å²) >= 11 is 0. The summed E-state index contributed by atoms with van der Waals surface area (Å²) in [6.07, 6.45) is 4.58. The van der Waals surface area contributed by atoms with Gasteiger partial charge in [0.05, 0.1) is 5.56 Å². The number of Topliss-reactive ketones (excluding diaryl/α,β-unsaturated/α-hetero) is 1. The van der Waals surface area contributed by atoms with Gasteiger partial charge in [-0.15, -0.1) is 0 Å². The van der Waals surface area contributed by atoms with E-state index in [0.29, 0.717) is 29.8 Å². The summed E-state index contributed by atoms with van der Waals surface area (Å²) in [7, 11) is -2.71. The Kier molecular flexibility index (Phi) is 9.78. The molecule has 0 radical (unpaired) electrons. The standard InChI is InChI=1S/C36H36N2O6S/c1-4-6-7-11-17-31(37-43-3)36(40)26-20-22-33-30(24-26)29-23-25(19-21-32(29)38(33)5-2)35(39)28-16-12-13-18-34(28)44-45(41,42)27-14-9-8-10-15-27/h8-10,12-16,18-24H,4-7,11,17H2,1-3H3/b37-31+. The number of fused-ring (bicyclic) bond motifs is 3. The second-order valence-electron chi connectivity index (χ2n) is 10.7. The zero-order valence-electron chi connectivity index (χ0n) is 25.7. The monoisotopic (exact) mass is 624 g/mol. The summed E-state index contributed by atoms with van der Waals surface area (Å²) in [6.45, 7) is 4.86. The van der Waals surface area contributed by atoms with E-state index in [0.717, 1.165) is 47.5 Å². The number of para-hydroxylation sites is 1. The van der Waals surface area contributed by atoms with E-state index in [-0.39, 0.29) is 27.8 Å². The molecule has 9 heteroatoms. The number of nitrogens with zero attached hydrogens (tertiary/aromatic N) is 2. The summed E-state index contributed by atoms with van der Waals surface area (Å²) in [5.41, 5.74) is 3.19. The Bertz CT molecular complexity index is 1990. The molecule has 0 aliphatic carbocycles. The van der Waals surface area contributed by atoms with Crippen LogP contribution in [-0.4, -0.2) is 37.4 Å². The fourth-order valence-electron chi connectivity index (χ4n) is 5.56. The van der Waals surface area contributed by atoms with Gasteiger partial charge in [0.2, 0.25) is 5.78 Å². The van der Waals surface area contributed by atoms with E-state index in [2.05, 4.69) is 16.6 Å². The first-order chi connectivity index (χ1) is 21.8. The van der Waals surface area contributed by atoms with E-state index in [9.17, 15) is 18.0 Å². The van der Waals surface area contributed by atoms with Crippen LogP contribution in [0, 0.1) is 0 Å². The van der Waals surface area contributed by atoms with Gasteiger partial charge < -0.3 is 13.6 Å². The number of carbonyl (C=O) groups is 2. The largest absolute Gasteiger partial charge is 0.399 e. The third kappa shape index (κ3) is 6.68. The van der Waals surface area contributed by atoms with Crippen LogP contribution in [0.4, 0.5) is 0 Å². The van der Waals surface area contributed by atoms with Gasteiger partial charge in [-0.25, -0.2) is 0 Å². The number of aromatic nitrogens is 1. The van der Waals surface area contributed by atoms with Gasteiger partial charge >= 0.3 is 10.1 Å². The molecule has 45 heavy (non-hydrogen) atoms. The minimum Gasteiger partial charge on any atom is -0.399 e. The highest BCUT2D eigenvalue weighted by Gasteiger charge is 2.23. The highest BCUT2D eigenvalue weighted by atomic mass is 32.2. The Morgan fingerprint density at radius 2 is 1.42 bits per heavy atom. The molecule has 0 bridgehead atoms. The van der Waals surface area contributed by atoms with Crippen molar-refractivity contribution in [1.82, 2.24) is 4.57 Å². The highest BCUT2D eigenvalue weighted by Crippen LogP contribution is 2.33. The van der Waals surface area contributed by atoms with Gasteiger partial charge in [0, 0.05) is 39.5 Å². The van der Waals surface area contributed by atoms with Crippen LogP contribution < -0.4 is 4.18 Å². The van der Waals surface area contributed by atoms with Crippen molar-refractivity contribution in [2.45, 2.75) is 57.4 Å². The van der Waals surface area contributed by atoms with E-state index in [4.69, 9.17) is 9.02 Å². The number of carbonyl (C=O) groups excluding carboxylic acids is 2. The van der Waals surface area contributed by atoms with Gasteiger partial charge in [-0.1, -0.05) is 61.7 Å². The van der Waals surface area contributed by atoms with Crippen molar-refractivity contribution < 1.29 is 27.0 Å². The van der Waals surface area contributed by atoms with Crippen LogP contribution >= 0.6 is 0 Å². The number of unbranched alkanes of at least 4 members (excludes halogenated alkanes) is 3. The molecule has 8 nitrogen and oxygen atoms in total. The summed E-state index contributed by atoms with van der Waals surface area (Å²) < 4.78 is 33.5. The lowest BCUT2D eigenvalue weighted by Crippen LogP contribution is -2.15. The Morgan fingerprint density at radius 1 is 0.778 bits per heavy atom. The van der Waals surface area contributed by atoms with Gasteiger partial charge in [-0.3, -0.25) is 9.59 Å². The molecule has 0 aliphatic heterocycles. The molecular formula is C36H36N2O6S. The number of benzene rings is 4. The first-order valence-electron chi connectivity index (χ1n) is 15.1. The van der Waals surface area contributed by atoms with Crippen molar-refractivity contribution in [2.75, 3.05) is 7.11 Å². The molecule has 1 aromatic heterocycles. The van der Waals surface area contributed by atoms with Crippen LogP contribution in [0.2, 0.25) is 0 Å². The predicted octanol–water partition coefficient (Wildman–Crippen LogP) is 7.97. The Hall–Kier alpha value is -4.76. The zero-order valence-corrected chi connectivity index (χ0v) is 26.5. The van der Waals surface area contributed by atoms with Crippen molar-refractivity contribution in [3.8, 4) is 5.75 Å². The molecule has 0 unspecified atom stereocenters. The molecule has 0 atom stereocenters. The number of aryl methyl sites for hydroxylation is 1. The van der Waals surface area contributed by atoms with E-state index in [1.165, 1.54) is 25.3 Å². The molecule has 0 N–H and O–H groups in total. The van der Waals surface area contributed by atoms with E-state index < -0.39 is 10.1 Å². The van der Waals surface area contributed by atoms with Crippen molar-refractivity contribution in [2.24, 2.45) is 5.16 Å². The average molecular weight is 625 g/mol. The van der Waals surface area contributed by atoms with Gasteiger partial charge in [-0.2, -0.15) is 8.42 Å². The minimum atomic E-state index is -4.15. The van der Waals surface area contributed by atoms with Crippen molar-refractivity contribution >= 4 is 49.2 Å². The summed E-state index contributed by atoms with van der Waals surface area (Å²) in [5, 5.41) is 5.68. The van der Waals surface area contributed by atoms with Gasteiger partial charge in [0.15, 0.2) is 11.5 Å². The van der Waals surface area contributed by atoms with Crippen LogP contribution in [0.25, 0.3) is 21.8 Å². The van der Waals surface area contributed by atoms with Crippen LogP contribution in [0.15, 0.2) is 101 Å². The first kappa shape index (κ1) is 31.7. The lowest BCUT2D eigenvalue weighted by atomic mass is 9.98. The number of ketones is 2. The number of rotatable bonds is 14. The molecule has 0 saturated carbocycles. The molecule has 232 valence electrons. The summed E-state index contributed by atoms with van der Waals surface area (Å²) in [5.74, 6) is -0.633. The fraction of sp³-hybridized carbons (Fsp3) is 0.250. The van der Waals surface area contributed by atoms with Crippen molar-refractivity contribution in [3.05, 3.63) is 108 Å². The highest BCUT2D eigenvalue weighted by molar-refractivity contribution is 7.87. The lowest BCUT2D eigenvalue weighted by molar-refractivity contribution is 0.103. The lowest BCUT2D eigenvalue weighted by Gasteiger charge is -2.11. The molecule has 0 spiro atoms. The molecule has 1 heterocycles. The summed E-state index contributed by atoms with van der Waals surface area (Å²) in [6, 6.07) is 25.1. The fourth-order valence-corrected chi connectivity index (χ4v) is 6.53. The number of hydrogen-bond acceptors (Lipinski definition) is 7. The third-order valence-corrected chi connectivity index (χ3v) is 9.05. The minimum absolute atomic E-state index is 0.00828. The normalized spacial score (nSPS) is 12.0. The van der Waals surface area contributed by atoms with Crippen LogP contribution in [-0.2, 0) is 21.5 Å². The second kappa shape index (κ2) is 13.9. The molecule has 5 aromatic rings. The maximum Gasteiger partial charge on any atom is 0.339 e. The van der Waals surface area contributed by atoms with Crippen LogP contribution in [0.5, 0.6) is 5.75 Å². The quantitative estimate of drug-likeness (QED) is 0.0408. The molecule has 0 saturated heterocycles.